The maximum absolute atomic E-state index is 12.6. The Bertz CT molecular complexity index is 1030. The van der Waals surface area contributed by atoms with Gasteiger partial charge < -0.3 is 5.73 Å². The average molecular weight is 403 g/mol. The van der Waals surface area contributed by atoms with Gasteiger partial charge in [-0.3, -0.25) is 4.98 Å². The molecule has 0 spiro atoms. The van der Waals surface area contributed by atoms with Crippen molar-refractivity contribution < 1.29 is 4.39 Å². The summed E-state index contributed by atoms with van der Waals surface area (Å²) in [4.78, 5) is 4.51. The van der Waals surface area contributed by atoms with Crippen molar-refractivity contribution in [3.05, 3.63) is 113 Å². The second-order valence-electron chi connectivity index (χ2n) is 7.13. The van der Waals surface area contributed by atoms with Gasteiger partial charge in [0.25, 0.3) is 0 Å². The zero-order chi connectivity index (χ0) is 22.1. The van der Waals surface area contributed by atoms with E-state index in [-0.39, 0.29) is 5.82 Å². The highest BCUT2D eigenvalue weighted by Crippen LogP contribution is 2.32. The van der Waals surface area contributed by atoms with Gasteiger partial charge in [0.2, 0.25) is 0 Å². The Morgan fingerprint density at radius 3 is 2.37 bits per heavy atom. The Kier molecular flexibility index (Phi) is 8.54. The summed E-state index contributed by atoms with van der Waals surface area (Å²) in [6, 6.07) is 17.0. The SMILES string of the molecule is C=C/C(C)=C(/c1cc(N)ccc1C)c1cccnc1CC.CCc1ccccc1F. The van der Waals surface area contributed by atoms with Gasteiger partial charge in [-0.25, -0.2) is 4.39 Å². The molecule has 3 heteroatoms. The Hall–Kier alpha value is -3.20. The Morgan fingerprint density at radius 2 is 1.77 bits per heavy atom. The van der Waals surface area contributed by atoms with E-state index in [0.29, 0.717) is 0 Å². The summed E-state index contributed by atoms with van der Waals surface area (Å²) in [6.45, 7) is 12.2. The summed E-state index contributed by atoms with van der Waals surface area (Å²) in [7, 11) is 0. The van der Waals surface area contributed by atoms with Gasteiger partial charge in [0, 0.05) is 23.1 Å². The number of benzene rings is 2. The molecule has 0 unspecified atom stereocenters. The van der Waals surface area contributed by atoms with Crippen LogP contribution in [-0.4, -0.2) is 4.98 Å². The van der Waals surface area contributed by atoms with Crippen molar-refractivity contribution in [2.24, 2.45) is 0 Å². The molecule has 0 aliphatic heterocycles. The van der Waals surface area contributed by atoms with Crippen LogP contribution < -0.4 is 5.73 Å². The maximum atomic E-state index is 12.6. The molecule has 0 saturated carbocycles. The van der Waals surface area contributed by atoms with Crippen LogP contribution in [-0.2, 0) is 12.8 Å². The largest absolute Gasteiger partial charge is 0.399 e. The summed E-state index contributed by atoms with van der Waals surface area (Å²) in [5, 5.41) is 0. The van der Waals surface area contributed by atoms with Crippen LogP contribution in [0.3, 0.4) is 0 Å². The fraction of sp³-hybridized carbons (Fsp3) is 0.222. The normalized spacial score (nSPS) is 11.2. The van der Waals surface area contributed by atoms with Crippen molar-refractivity contribution in [1.29, 1.82) is 0 Å². The number of aryl methyl sites for hydroxylation is 3. The van der Waals surface area contributed by atoms with Gasteiger partial charge in [-0.05, 0) is 78.8 Å². The Morgan fingerprint density at radius 1 is 1.03 bits per heavy atom. The van der Waals surface area contributed by atoms with E-state index in [1.807, 2.05) is 43.5 Å². The molecule has 1 heterocycles. The van der Waals surface area contributed by atoms with E-state index in [1.165, 1.54) is 17.2 Å². The van der Waals surface area contributed by atoms with E-state index >= 15 is 0 Å². The second kappa shape index (κ2) is 11.1. The summed E-state index contributed by atoms with van der Waals surface area (Å²) < 4.78 is 12.6. The van der Waals surface area contributed by atoms with Crippen LogP contribution in [0.25, 0.3) is 5.57 Å². The fourth-order valence-corrected chi connectivity index (χ4v) is 3.31. The topological polar surface area (TPSA) is 38.9 Å². The number of nitrogens with two attached hydrogens (primary N) is 1. The zero-order valence-corrected chi connectivity index (χ0v) is 18.4. The molecule has 0 aliphatic rings. The van der Waals surface area contributed by atoms with Crippen molar-refractivity contribution in [1.82, 2.24) is 4.98 Å². The number of rotatable bonds is 5. The monoisotopic (exact) mass is 402 g/mol. The highest BCUT2D eigenvalue weighted by molar-refractivity contribution is 5.86. The fourth-order valence-electron chi connectivity index (χ4n) is 3.31. The highest BCUT2D eigenvalue weighted by atomic mass is 19.1. The zero-order valence-electron chi connectivity index (χ0n) is 18.4. The predicted molar refractivity (Wildman–Crippen MR) is 127 cm³/mol. The van der Waals surface area contributed by atoms with Crippen molar-refractivity contribution >= 4 is 11.3 Å². The molecule has 3 aromatic rings. The number of hydrogen-bond donors (Lipinski definition) is 1. The van der Waals surface area contributed by atoms with E-state index in [2.05, 4.69) is 44.5 Å². The molecule has 0 atom stereocenters. The first-order valence-corrected chi connectivity index (χ1v) is 10.3. The third-order valence-corrected chi connectivity index (χ3v) is 5.06. The minimum atomic E-state index is -0.0972. The molecule has 0 aliphatic carbocycles. The summed E-state index contributed by atoms with van der Waals surface area (Å²) >= 11 is 0. The molecule has 0 amide bonds. The van der Waals surface area contributed by atoms with Gasteiger partial charge in [0.05, 0.1) is 0 Å². The lowest BCUT2D eigenvalue weighted by Crippen LogP contribution is -2.01. The van der Waals surface area contributed by atoms with Crippen LogP contribution in [0.15, 0.2) is 79.0 Å². The lowest BCUT2D eigenvalue weighted by atomic mass is 9.89. The molecule has 2 N–H and O–H groups in total. The Balaban J connectivity index is 0.000000297. The van der Waals surface area contributed by atoms with Crippen molar-refractivity contribution in [3.63, 3.8) is 0 Å². The van der Waals surface area contributed by atoms with Gasteiger partial charge in [-0.1, -0.05) is 56.8 Å². The third kappa shape index (κ3) is 5.66. The minimum absolute atomic E-state index is 0.0972. The van der Waals surface area contributed by atoms with E-state index in [9.17, 15) is 4.39 Å². The molecule has 2 aromatic carbocycles. The smallest absolute Gasteiger partial charge is 0.126 e. The molecule has 1 aromatic heterocycles. The van der Waals surface area contributed by atoms with Gasteiger partial charge in [0.1, 0.15) is 5.82 Å². The van der Waals surface area contributed by atoms with E-state index in [1.54, 1.807) is 12.1 Å². The quantitative estimate of drug-likeness (QED) is 0.371. The molecule has 0 fully saturated rings. The molecule has 3 rings (SSSR count). The number of nitrogens with zero attached hydrogens (tertiary/aromatic N) is 1. The first-order chi connectivity index (χ1) is 14.4. The standard InChI is InChI=1S/C19H22N2.C8H9F/c1-5-13(3)19(16-8-7-11-21-18(16)6-2)17-12-15(20)10-9-14(17)4;1-2-7-5-3-4-6-8(7)9/h5,7-12H,1,6,20H2,2-4H3;3-6H,2H2,1H3/b19-13+;. The number of nitrogen functional groups attached to an aromatic ring is 1. The molecule has 30 heavy (non-hydrogen) atoms. The summed E-state index contributed by atoms with van der Waals surface area (Å²) in [5.74, 6) is -0.0972. The maximum Gasteiger partial charge on any atom is 0.126 e. The number of halogens is 1. The molecule has 0 radical (unpaired) electrons. The predicted octanol–water partition coefficient (Wildman–Crippen LogP) is 6.93. The Labute approximate surface area is 180 Å². The van der Waals surface area contributed by atoms with Crippen LogP contribution in [0.1, 0.15) is 48.7 Å². The first kappa shape index (κ1) is 23.1. The van der Waals surface area contributed by atoms with Gasteiger partial charge in [0.15, 0.2) is 0 Å². The number of aromatic nitrogens is 1. The first-order valence-electron chi connectivity index (χ1n) is 10.3. The van der Waals surface area contributed by atoms with Crippen LogP contribution >= 0.6 is 0 Å². The van der Waals surface area contributed by atoms with Crippen molar-refractivity contribution in [3.8, 4) is 0 Å². The second-order valence-corrected chi connectivity index (χ2v) is 7.13. The van der Waals surface area contributed by atoms with E-state index in [4.69, 9.17) is 5.73 Å². The molecular formula is C27H31FN2. The van der Waals surface area contributed by atoms with Crippen LogP contribution in [0.5, 0.6) is 0 Å². The lowest BCUT2D eigenvalue weighted by Gasteiger charge is -2.17. The van der Waals surface area contributed by atoms with Gasteiger partial charge in [-0.2, -0.15) is 0 Å². The number of pyridine rings is 1. The van der Waals surface area contributed by atoms with E-state index < -0.39 is 0 Å². The average Bonchev–Trinajstić information content (AvgIpc) is 2.77. The van der Waals surface area contributed by atoms with Crippen LogP contribution in [0, 0.1) is 12.7 Å². The van der Waals surface area contributed by atoms with Gasteiger partial charge in [-0.15, -0.1) is 0 Å². The number of anilines is 1. The molecular weight excluding hydrogens is 371 g/mol. The molecule has 0 bridgehead atoms. The number of hydrogen-bond acceptors (Lipinski definition) is 2. The lowest BCUT2D eigenvalue weighted by molar-refractivity contribution is 0.612. The van der Waals surface area contributed by atoms with Gasteiger partial charge >= 0.3 is 0 Å². The molecule has 0 saturated heterocycles. The summed E-state index contributed by atoms with van der Waals surface area (Å²) in [6.07, 6.45) is 5.40. The highest BCUT2D eigenvalue weighted by Gasteiger charge is 2.14. The van der Waals surface area contributed by atoms with E-state index in [0.717, 1.165) is 46.5 Å². The summed E-state index contributed by atoms with van der Waals surface area (Å²) in [5.41, 5.74) is 14.4. The minimum Gasteiger partial charge on any atom is -0.399 e. The van der Waals surface area contributed by atoms with Crippen molar-refractivity contribution in [2.45, 2.75) is 40.5 Å². The number of allylic oxidation sites excluding steroid dienone is 2. The van der Waals surface area contributed by atoms with Crippen molar-refractivity contribution in [2.75, 3.05) is 5.73 Å². The molecule has 2 nitrogen and oxygen atoms in total. The van der Waals surface area contributed by atoms with Crippen LogP contribution in [0.2, 0.25) is 0 Å². The molecule has 156 valence electrons. The third-order valence-electron chi connectivity index (χ3n) is 5.06. The van der Waals surface area contributed by atoms with Crippen LogP contribution in [0.4, 0.5) is 10.1 Å².